The fourth-order valence-corrected chi connectivity index (χ4v) is 13.0. The quantitative estimate of drug-likeness (QED) is 0.0548. The summed E-state index contributed by atoms with van der Waals surface area (Å²) in [5.41, 5.74) is 1.73. The SMILES string of the molecule is CC(C)(C)Sc1nc(-c2c[nH]c3ncc(F)cc23)nc(C[C@H]2C3CCC(CC3)[C@@H]2C(=O)O)c1F.O=C(O)[C@H]1C2CCC(CC2)[C@@H]1Cc1nc(-c2c[nH]c3ncc(F)cc23)nc(SCC(F)(F)F)c1F. The number of fused-ring (bicyclic) bond motifs is 8. The summed E-state index contributed by atoms with van der Waals surface area (Å²) in [7, 11) is 0. The maximum absolute atomic E-state index is 15.8. The van der Waals surface area contributed by atoms with Crippen LogP contribution in [0.4, 0.5) is 30.7 Å². The Hall–Kier alpha value is -5.31. The van der Waals surface area contributed by atoms with Crippen LogP contribution in [0.2, 0.25) is 0 Å². The molecule has 6 aliphatic carbocycles. The first kappa shape index (κ1) is 48.7. The van der Waals surface area contributed by atoms with Crippen molar-refractivity contribution in [2.75, 3.05) is 5.75 Å². The number of carboxylic acids is 2. The molecule has 6 saturated carbocycles. The van der Waals surface area contributed by atoms with Crippen molar-refractivity contribution < 1.29 is 50.5 Å². The molecule has 6 aliphatic rings. The van der Waals surface area contributed by atoms with Gasteiger partial charge in [0.2, 0.25) is 0 Å². The number of halogens is 7. The molecule has 0 aliphatic heterocycles. The summed E-state index contributed by atoms with van der Waals surface area (Å²) < 4.78 is 97.4. The van der Waals surface area contributed by atoms with Gasteiger partial charge in [-0.05, 0) is 112 Å². The smallest absolute Gasteiger partial charge is 0.398 e. The van der Waals surface area contributed by atoms with E-state index >= 15 is 8.78 Å². The minimum atomic E-state index is -4.55. The maximum Gasteiger partial charge on any atom is 0.398 e. The van der Waals surface area contributed by atoms with Crippen molar-refractivity contribution >= 4 is 57.5 Å². The molecule has 366 valence electrons. The van der Waals surface area contributed by atoms with Gasteiger partial charge in [0, 0.05) is 39.0 Å². The predicted octanol–water partition coefficient (Wildman–Crippen LogP) is 11.5. The number of aromatic amines is 2. The second kappa shape index (κ2) is 19.1. The lowest BCUT2D eigenvalue weighted by molar-refractivity contribution is -0.153. The molecule has 0 amide bonds. The number of pyridine rings is 2. The Balaban J connectivity index is 0.000000172. The molecule has 0 saturated heterocycles. The second-order valence-corrected chi connectivity index (χ2v) is 22.4. The van der Waals surface area contributed by atoms with Gasteiger partial charge in [0.1, 0.15) is 33.0 Å². The largest absolute Gasteiger partial charge is 0.481 e. The Morgan fingerprint density at radius 1 is 0.638 bits per heavy atom. The van der Waals surface area contributed by atoms with Crippen molar-refractivity contribution in [2.24, 2.45) is 47.3 Å². The van der Waals surface area contributed by atoms with Gasteiger partial charge in [-0.2, -0.15) is 13.2 Å². The van der Waals surface area contributed by atoms with Crippen molar-refractivity contribution in [1.29, 1.82) is 0 Å². The highest BCUT2D eigenvalue weighted by molar-refractivity contribution is 8.00. The maximum atomic E-state index is 15.8. The minimum absolute atomic E-state index is 0.00592. The van der Waals surface area contributed by atoms with Crippen LogP contribution < -0.4 is 0 Å². The molecular formula is C48H49F7N8O4S2. The first-order chi connectivity index (χ1) is 32.7. The van der Waals surface area contributed by atoms with Crippen molar-refractivity contribution in [1.82, 2.24) is 39.9 Å². The molecule has 4 N–H and O–H groups in total. The standard InChI is InChI=1S/C25H28F2N4O2S.C23H21F5N4O2S/c1-25(2,3)34-23-20(27)18(9-15-12-4-6-13(7-5-12)19(15)24(32)33)30-22(31-23)17-11-29-21-16(17)8-14(26)10-28-21;24-12-5-14-15(8-30-19(14)29-7-12)20-31-16(18(25)21(32-20)35-9-23(26,27)28)6-13-10-1-3-11(4-2-10)17(13)22(33)34/h8,10-13,15,19H,4-7,9H2,1-3H3,(H,28,29)(H,32,33);5,7-8,10-11,13,17H,1-4,6,9H2,(H,29,30)(H,33,34)/t12?,13?,15-,19-;10?,11?,13-,17-/m00/s1. The molecule has 0 radical (unpaired) electrons. The highest BCUT2D eigenvalue weighted by Crippen LogP contribution is 2.52. The van der Waals surface area contributed by atoms with Gasteiger partial charge in [-0.25, -0.2) is 47.5 Å². The van der Waals surface area contributed by atoms with Crippen LogP contribution in [-0.4, -0.2) is 78.7 Å². The minimum Gasteiger partial charge on any atom is -0.481 e. The van der Waals surface area contributed by atoms with Crippen LogP contribution >= 0.6 is 23.5 Å². The third-order valence-corrected chi connectivity index (χ3v) is 16.3. The number of carbonyl (C=O) groups is 2. The van der Waals surface area contributed by atoms with Crippen LogP contribution in [0.25, 0.3) is 44.8 Å². The van der Waals surface area contributed by atoms with Crippen LogP contribution in [0.15, 0.2) is 47.0 Å². The average Bonchev–Trinajstić information content (AvgIpc) is 3.92. The number of thioether (sulfide) groups is 2. The van der Waals surface area contributed by atoms with E-state index in [4.69, 9.17) is 0 Å². The molecular weight excluding hydrogens is 950 g/mol. The molecule has 6 aromatic heterocycles. The molecule has 0 aromatic carbocycles. The number of nitrogens with one attached hydrogen (secondary N) is 2. The lowest BCUT2D eigenvalue weighted by Gasteiger charge is -2.46. The Kier molecular flexibility index (Phi) is 13.5. The summed E-state index contributed by atoms with van der Waals surface area (Å²) >= 11 is 1.51. The summed E-state index contributed by atoms with van der Waals surface area (Å²) in [6.45, 7) is 5.93. The van der Waals surface area contributed by atoms with Gasteiger partial charge in [-0.3, -0.25) is 9.59 Å². The van der Waals surface area contributed by atoms with Gasteiger partial charge in [0.05, 0.1) is 41.4 Å². The normalized spacial score (nSPS) is 24.4. The molecule has 21 heteroatoms. The van der Waals surface area contributed by atoms with Crippen LogP contribution in [0, 0.1) is 70.6 Å². The Morgan fingerprint density at radius 3 is 1.45 bits per heavy atom. The van der Waals surface area contributed by atoms with Crippen LogP contribution in [-0.2, 0) is 22.4 Å². The van der Waals surface area contributed by atoms with Gasteiger partial charge in [-0.15, -0.1) is 0 Å². The number of carboxylic acid groups (broad SMARTS) is 2. The number of H-pyrrole nitrogens is 2. The second-order valence-electron chi connectivity index (χ2n) is 19.7. The highest BCUT2D eigenvalue weighted by Gasteiger charge is 2.49. The van der Waals surface area contributed by atoms with Crippen molar-refractivity contribution in [3.63, 3.8) is 0 Å². The molecule has 6 aromatic rings. The first-order valence-electron chi connectivity index (χ1n) is 22.9. The van der Waals surface area contributed by atoms with E-state index in [-0.39, 0.29) is 98.5 Å². The van der Waals surface area contributed by atoms with Crippen molar-refractivity contribution in [3.05, 3.63) is 71.6 Å². The Labute approximate surface area is 399 Å². The van der Waals surface area contributed by atoms with E-state index < -0.39 is 64.0 Å². The van der Waals surface area contributed by atoms with E-state index in [0.717, 1.165) is 63.8 Å². The zero-order chi connectivity index (χ0) is 49.1. The molecule has 0 unspecified atom stereocenters. The highest BCUT2D eigenvalue weighted by atomic mass is 32.2. The number of nitrogens with zero attached hydrogens (tertiary/aromatic N) is 6. The van der Waals surface area contributed by atoms with E-state index in [9.17, 15) is 41.8 Å². The van der Waals surface area contributed by atoms with Gasteiger partial charge in [0.25, 0.3) is 0 Å². The number of aliphatic carboxylic acids is 2. The molecule has 4 bridgehead atoms. The summed E-state index contributed by atoms with van der Waals surface area (Å²) in [6.07, 6.45) is 8.01. The zero-order valence-corrected chi connectivity index (χ0v) is 39.4. The van der Waals surface area contributed by atoms with Crippen LogP contribution in [0.5, 0.6) is 0 Å². The van der Waals surface area contributed by atoms with Gasteiger partial charge in [0.15, 0.2) is 23.3 Å². The molecule has 69 heavy (non-hydrogen) atoms. The molecule has 12 nitrogen and oxygen atoms in total. The molecule has 6 heterocycles. The molecule has 6 fully saturated rings. The predicted molar refractivity (Wildman–Crippen MR) is 244 cm³/mol. The Bertz CT molecular complexity index is 2910. The zero-order valence-electron chi connectivity index (χ0n) is 37.7. The fourth-order valence-electron chi connectivity index (χ4n) is 11.3. The fraction of sp³-hybridized carbons (Fsp3) is 0.500. The number of alkyl halides is 3. The Morgan fingerprint density at radius 2 is 1.04 bits per heavy atom. The topological polar surface area (TPSA) is 184 Å². The summed E-state index contributed by atoms with van der Waals surface area (Å²) in [4.78, 5) is 55.5. The summed E-state index contributed by atoms with van der Waals surface area (Å²) in [5, 5.41) is 20.4. The van der Waals surface area contributed by atoms with Gasteiger partial charge in [-0.1, -0.05) is 44.3 Å². The summed E-state index contributed by atoms with van der Waals surface area (Å²) in [6, 6.07) is 2.54. The first-order valence-corrected chi connectivity index (χ1v) is 24.7. The number of aromatic nitrogens is 8. The third kappa shape index (κ3) is 10.3. The molecule has 12 rings (SSSR count). The van der Waals surface area contributed by atoms with Crippen LogP contribution in [0.3, 0.4) is 0 Å². The van der Waals surface area contributed by atoms with Gasteiger partial charge < -0.3 is 20.2 Å². The number of rotatable bonds is 11. The van der Waals surface area contributed by atoms with Crippen LogP contribution in [0.1, 0.15) is 83.5 Å². The monoisotopic (exact) mass is 998 g/mol. The van der Waals surface area contributed by atoms with E-state index in [0.29, 0.717) is 27.6 Å². The lowest BCUT2D eigenvalue weighted by Crippen LogP contribution is -2.45. The molecule has 0 spiro atoms. The van der Waals surface area contributed by atoms with E-state index in [1.165, 1.54) is 30.1 Å². The number of hydrogen-bond acceptors (Lipinski definition) is 10. The van der Waals surface area contributed by atoms with E-state index in [1.54, 1.807) is 6.20 Å². The summed E-state index contributed by atoms with van der Waals surface area (Å²) in [5.74, 6) is -6.64. The van der Waals surface area contributed by atoms with E-state index in [2.05, 4.69) is 39.9 Å². The molecule has 4 atom stereocenters. The number of hydrogen-bond donors (Lipinski definition) is 4. The average molecular weight is 999 g/mol. The van der Waals surface area contributed by atoms with Crippen molar-refractivity contribution in [3.8, 4) is 22.8 Å². The van der Waals surface area contributed by atoms with Crippen molar-refractivity contribution in [2.45, 2.75) is 106 Å². The van der Waals surface area contributed by atoms with E-state index in [1.807, 2.05) is 20.8 Å². The van der Waals surface area contributed by atoms with Gasteiger partial charge >= 0.3 is 18.1 Å². The lowest BCUT2D eigenvalue weighted by atomic mass is 9.57. The third-order valence-electron chi connectivity index (χ3n) is 14.2.